The van der Waals surface area contributed by atoms with E-state index in [0.717, 1.165) is 29.4 Å². The fourth-order valence-corrected chi connectivity index (χ4v) is 2.28. The molecular formula is C12H17N3OS. The van der Waals surface area contributed by atoms with Crippen molar-refractivity contribution in [1.29, 1.82) is 0 Å². The van der Waals surface area contributed by atoms with Crippen molar-refractivity contribution in [3.8, 4) is 10.8 Å². The molecule has 0 atom stereocenters. The van der Waals surface area contributed by atoms with Gasteiger partial charge >= 0.3 is 0 Å². The second kappa shape index (κ2) is 5.44. The predicted octanol–water partition coefficient (Wildman–Crippen LogP) is 2.10. The van der Waals surface area contributed by atoms with Crippen molar-refractivity contribution >= 4 is 11.3 Å². The Bertz CT molecular complexity index is 464. The normalized spacial score (nSPS) is 11.3. The molecule has 0 amide bonds. The second-order valence-electron chi connectivity index (χ2n) is 4.03. The van der Waals surface area contributed by atoms with E-state index in [1.807, 2.05) is 31.5 Å². The molecule has 0 aliphatic rings. The van der Waals surface area contributed by atoms with Gasteiger partial charge in [0.1, 0.15) is 5.76 Å². The van der Waals surface area contributed by atoms with Gasteiger partial charge in [-0.25, -0.2) is 4.98 Å². The summed E-state index contributed by atoms with van der Waals surface area (Å²) in [4.78, 5) is 7.75. The summed E-state index contributed by atoms with van der Waals surface area (Å²) in [6.45, 7) is 4.25. The SMILES string of the molecule is Cc1oc(-c2cccs2)nc1CN(C)CCN. The molecule has 2 aromatic heterocycles. The summed E-state index contributed by atoms with van der Waals surface area (Å²) in [5, 5.41) is 2.02. The van der Waals surface area contributed by atoms with Crippen molar-refractivity contribution in [2.45, 2.75) is 13.5 Å². The van der Waals surface area contributed by atoms with Crippen LogP contribution in [0.1, 0.15) is 11.5 Å². The fourth-order valence-electron chi connectivity index (χ4n) is 1.64. The maximum Gasteiger partial charge on any atom is 0.236 e. The van der Waals surface area contributed by atoms with Gasteiger partial charge in [0.05, 0.1) is 10.6 Å². The molecule has 0 aliphatic heterocycles. The lowest BCUT2D eigenvalue weighted by Gasteiger charge is -2.13. The van der Waals surface area contributed by atoms with E-state index >= 15 is 0 Å². The van der Waals surface area contributed by atoms with E-state index in [0.29, 0.717) is 12.4 Å². The van der Waals surface area contributed by atoms with Crippen molar-refractivity contribution in [3.63, 3.8) is 0 Å². The van der Waals surface area contributed by atoms with E-state index in [-0.39, 0.29) is 0 Å². The molecule has 92 valence electrons. The molecule has 5 heteroatoms. The summed E-state index contributed by atoms with van der Waals surface area (Å²) in [6, 6.07) is 4.02. The molecule has 0 saturated carbocycles. The van der Waals surface area contributed by atoms with E-state index in [1.165, 1.54) is 0 Å². The topological polar surface area (TPSA) is 55.3 Å². The first kappa shape index (κ1) is 12.3. The van der Waals surface area contributed by atoms with Crippen molar-refractivity contribution in [3.05, 3.63) is 29.0 Å². The number of nitrogens with two attached hydrogens (primary N) is 1. The van der Waals surface area contributed by atoms with Crippen LogP contribution in [0.15, 0.2) is 21.9 Å². The molecule has 17 heavy (non-hydrogen) atoms. The number of oxazole rings is 1. The highest BCUT2D eigenvalue weighted by molar-refractivity contribution is 7.13. The highest BCUT2D eigenvalue weighted by Gasteiger charge is 2.13. The maximum absolute atomic E-state index is 5.68. The molecule has 0 saturated heterocycles. The van der Waals surface area contributed by atoms with Crippen LogP contribution in [-0.4, -0.2) is 30.0 Å². The number of aromatic nitrogens is 1. The summed E-state index contributed by atoms with van der Waals surface area (Å²) in [5.74, 6) is 1.60. The number of hydrogen-bond acceptors (Lipinski definition) is 5. The number of rotatable bonds is 5. The molecule has 2 rings (SSSR count). The Labute approximate surface area is 105 Å². The molecule has 4 nitrogen and oxygen atoms in total. The molecule has 0 unspecified atom stereocenters. The van der Waals surface area contributed by atoms with E-state index < -0.39 is 0 Å². The number of likely N-dealkylation sites (N-methyl/N-ethyl adjacent to an activating group) is 1. The quantitative estimate of drug-likeness (QED) is 0.884. The molecule has 0 aliphatic carbocycles. The molecule has 0 radical (unpaired) electrons. The first-order valence-electron chi connectivity index (χ1n) is 5.59. The van der Waals surface area contributed by atoms with Crippen LogP contribution < -0.4 is 5.73 Å². The Balaban J connectivity index is 2.14. The molecule has 2 N–H and O–H groups in total. The molecule has 0 spiro atoms. The van der Waals surface area contributed by atoms with Gasteiger partial charge in [-0.05, 0) is 25.4 Å². The predicted molar refractivity (Wildman–Crippen MR) is 69.9 cm³/mol. The van der Waals surface area contributed by atoms with Gasteiger partial charge in [0.15, 0.2) is 0 Å². The van der Waals surface area contributed by atoms with E-state index in [9.17, 15) is 0 Å². The van der Waals surface area contributed by atoms with Gasteiger partial charge in [0, 0.05) is 19.6 Å². The van der Waals surface area contributed by atoms with Gasteiger partial charge in [-0.3, -0.25) is 4.90 Å². The average molecular weight is 251 g/mol. The third-order valence-electron chi connectivity index (χ3n) is 2.56. The van der Waals surface area contributed by atoms with Gasteiger partial charge < -0.3 is 10.2 Å². The monoisotopic (exact) mass is 251 g/mol. The summed E-state index contributed by atoms with van der Waals surface area (Å²) in [5.41, 5.74) is 6.51. The Morgan fingerprint density at radius 1 is 1.53 bits per heavy atom. The Hall–Kier alpha value is -1.17. The van der Waals surface area contributed by atoms with E-state index in [2.05, 4.69) is 9.88 Å². The zero-order chi connectivity index (χ0) is 12.3. The van der Waals surface area contributed by atoms with E-state index in [1.54, 1.807) is 11.3 Å². The van der Waals surface area contributed by atoms with Crippen LogP contribution in [0.3, 0.4) is 0 Å². The number of hydrogen-bond donors (Lipinski definition) is 1. The lowest BCUT2D eigenvalue weighted by atomic mass is 10.3. The van der Waals surface area contributed by atoms with Crippen LogP contribution >= 0.6 is 11.3 Å². The minimum Gasteiger partial charge on any atom is -0.440 e. The number of thiophene rings is 1. The lowest BCUT2D eigenvalue weighted by Crippen LogP contribution is -2.25. The third kappa shape index (κ3) is 2.94. The Morgan fingerprint density at radius 3 is 3.00 bits per heavy atom. The summed E-state index contributed by atoms with van der Waals surface area (Å²) < 4.78 is 5.68. The van der Waals surface area contributed by atoms with Crippen LogP contribution in [0.2, 0.25) is 0 Å². The standard InChI is InChI=1S/C12H17N3OS/c1-9-10(8-15(2)6-5-13)14-12(16-9)11-4-3-7-17-11/h3-4,7H,5-6,8,13H2,1-2H3. The van der Waals surface area contributed by atoms with Gasteiger partial charge in [-0.2, -0.15) is 0 Å². The summed E-state index contributed by atoms with van der Waals surface area (Å²) in [6.07, 6.45) is 0. The summed E-state index contributed by atoms with van der Waals surface area (Å²) in [7, 11) is 2.03. The second-order valence-corrected chi connectivity index (χ2v) is 4.97. The minimum absolute atomic E-state index is 0.658. The molecule has 0 bridgehead atoms. The smallest absolute Gasteiger partial charge is 0.236 e. The first-order valence-corrected chi connectivity index (χ1v) is 6.47. The van der Waals surface area contributed by atoms with Crippen molar-refractivity contribution in [2.24, 2.45) is 5.73 Å². The van der Waals surface area contributed by atoms with Gasteiger partial charge in [0.2, 0.25) is 5.89 Å². The van der Waals surface area contributed by atoms with Gasteiger partial charge in [-0.15, -0.1) is 11.3 Å². The van der Waals surface area contributed by atoms with Crippen molar-refractivity contribution in [2.75, 3.05) is 20.1 Å². The van der Waals surface area contributed by atoms with Crippen molar-refractivity contribution < 1.29 is 4.42 Å². The Kier molecular flexibility index (Phi) is 3.93. The third-order valence-corrected chi connectivity index (χ3v) is 3.41. The average Bonchev–Trinajstić information content (AvgIpc) is 2.89. The molecule has 2 aromatic rings. The largest absolute Gasteiger partial charge is 0.440 e. The zero-order valence-corrected chi connectivity index (χ0v) is 11.0. The first-order chi connectivity index (χ1) is 8.20. The highest BCUT2D eigenvalue weighted by Crippen LogP contribution is 2.26. The maximum atomic E-state index is 5.68. The molecule has 0 aromatic carbocycles. The number of nitrogens with zero attached hydrogens (tertiary/aromatic N) is 2. The van der Waals surface area contributed by atoms with E-state index in [4.69, 9.17) is 10.2 Å². The Morgan fingerprint density at radius 2 is 2.35 bits per heavy atom. The number of aryl methyl sites for hydroxylation is 1. The fraction of sp³-hybridized carbons (Fsp3) is 0.417. The van der Waals surface area contributed by atoms with Crippen LogP contribution in [0.5, 0.6) is 0 Å². The zero-order valence-electron chi connectivity index (χ0n) is 10.1. The van der Waals surface area contributed by atoms with Crippen molar-refractivity contribution in [1.82, 2.24) is 9.88 Å². The molecular weight excluding hydrogens is 234 g/mol. The van der Waals surface area contributed by atoms with Gasteiger partial charge in [0.25, 0.3) is 0 Å². The molecule has 0 fully saturated rings. The van der Waals surface area contributed by atoms with Crippen LogP contribution in [0, 0.1) is 6.92 Å². The minimum atomic E-state index is 0.658. The van der Waals surface area contributed by atoms with Crippen LogP contribution in [0.25, 0.3) is 10.8 Å². The molecule has 2 heterocycles. The summed E-state index contributed by atoms with van der Waals surface area (Å²) >= 11 is 1.64. The highest BCUT2D eigenvalue weighted by atomic mass is 32.1. The van der Waals surface area contributed by atoms with Crippen LogP contribution in [0.4, 0.5) is 0 Å². The van der Waals surface area contributed by atoms with Crippen LogP contribution in [-0.2, 0) is 6.54 Å². The van der Waals surface area contributed by atoms with Gasteiger partial charge in [-0.1, -0.05) is 6.07 Å². The lowest BCUT2D eigenvalue weighted by molar-refractivity contribution is 0.330.